The first kappa shape index (κ1) is 15.9. The van der Waals surface area contributed by atoms with E-state index in [1.807, 2.05) is 37.8 Å². The summed E-state index contributed by atoms with van der Waals surface area (Å²) in [6.45, 7) is 8.46. The zero-order valence-electron chi connectivity index (χ0n) is 12.1. The lowest BCUT2D eigenvalue weighted by Crippen LogP contribution is -2.26. The highest BCUT2D eigenvalue weighted by Gasteiger charge is 2.12. The Morgan fingerprint density at radius 3 is 2.63 bits per heavy atom. The van der Waals surface area contributed by atoms with Crippen LogP contribution in [0.2, 0.25) is 0 Å². The smallest absolute Gasteiger partial charge is 0.146 e. The molecule has 3 nitrogen and oxygen atoms in total. The molecule has 0 bridgehead atoms. The number of hydrogen-bond donors (Lipinski definition) is 2. The van der Waals surface area contributed by atoms with Gasteiger partial charge >= 0.3 is 0 Å². The third-order valence-corrected chi connectivity index (χ3v) is 3.29. The van der Waals surface area contributed by atoms with Gasteiger partial charge in [0.05, 0.1) is 5.69 Å². The van der Waals surface area contributed by atoms with Crippen molar-refractivity contribution in [2.75, 3.05) is 31.1 Å². The van der Waals surface area contributed by atoms with Crippen molar-refractivity contribution in [3.63, 3.8) is 0 Å². The summed E-state index contributed by atoms with van der Waals surface area (Å²) in [4.78, 5) is 1.95. The van der Waals surface area contributed by atoms with E-state index in [9.17, 15) is 4.39 Å². The van der Waals surface area contributed by atoms with Gasteiger partial charge in [-0.3, -0.25) is 0 Å². The number of halogens is 1. The molecular formula is C15H25FN2O. The summed E-state index contributed by atoms with van der Waals surface area (Å²) < 4.78 is 14.2. The van der Waals surface area contributed by atoms with E-state index in [0.29, 0.717) is 18.7 Å². The van der Waals surface area contributed by atoms with Crippen LogP contribution in [-0.4, -0.2) is 31.3 Å². The van der Waals surface area contributed by atoms with Crippen molar-refractivity contribution >= 4 is 5.69 Å². The topological polar surface area (TPSA) is 35.5 Å². The number of hydrogen-bond acceptors (Lipinski definition) is 3. The molecule has 0 saturated heterocycles. The van der Waals surface area contributed by atoms with Gasteiger partial charge in [-0.05, 0) is 44.5 Å². The zero-order valence-corrected chi connectivity index (χ0v) is 12.1. The Morgan fingerprint density at radius 2 is 2.11 bits per heavy atom. The first-order valence-corrected chi connectivity index (χ1v) is 7.02. The van der Waals surface area contributed by atoms with E-state index in [1.165, 1.54) is 0 Å². The largest absolute Gasteiger partial charge is 0.396 e. The molecule has 1 atom stereocenters. The van der Waals surface area contributed by atoms with Crippen molar-refractivity contribution in [2.45, 2.75) is 33.2 Å². The highest BCUT2D eigenvalue weighted by Crippen LogP contribution is 2.23. The molecule has 1 aromatic rings. The lowest BCUT2D eigenvalue weighted by Gasteiger charge is -2.24. The highest BCUT2D eigenvalue weighted by atomic mass is 19.1. The molecule has 0 aliphatic carbocycles. The van der Waals surface area contributed by atoms with Crippen molar-refractivity contribution in [2.24, 2.45) is 0 Å². The Bertz CT molecular complexity index is 384. The van der Waals surface area contributed by atoms with Crippen LogP contribution in [0.15, 0.2) is 18.2 Å². The van der Waals surface area contributed by atoms with Gasteiger partial charge in [-0.2, -0.15) is 0 Å². The Morgan fingerprint density at radius 1 is 1.37 bits per heavy atom. The Balaban J connectivity index is 2.85. The Labute approximate surface area is 115 Å². The van der Waals surface area contributed by atoms with Gasteiger partial charge in [0, 0.05) is 25.7 Å². The quantitative estimate of drug-likeness (QED) is 0.761. The van der Waals surface area contributed by atoms with Gasteiger partial charge in [-0.15, -0.1) is 0 Å². The van der Waals surface area contributed by atoms with Gasteiger partial charge in [0.15, 0.2) is 0 Å². The van der Waals surface area contributed by atoms with Gasteiger partial charge in [0.25, 0.3) is 0 Å². The molecule has 4 heteroatoms. The van der Waals surface area contributed by atoms with Crippen LogP contribution in [0.1, 0.15) is 38.8 Å². The average Bonchev–Trinajstić information content (AvgIpc) is 2.41. The summed E-state index contributed by atoms with van der Waals surface area (Å²) in [6.07, 6.45) is 0.656. The van der Waals surface area contributed by atoms with Crippen LogP contribution in [-0.2, 0) is 0 Å². The molecule has 1 aromatic carbocycles. The number of nitrogens with zero attached hydrogens (tertiary/aromatic N) is 1. The normalized spacial score (nSPS) is 12.5. The van der Waals surface area contributed by atoms with Crippen LogP contribution >= 0.6 is 0 Å². The van der Waals surface area contributed by atoms with Crippen molar-refractivity contribution in [1.82, 2.24) is 5.32 Å². The summed E-state index contributed by atoms with van der Waals surface area (Å²) in [5.41, 5.74) is 1.57. The monoisotopic (exact) mass is 268 g/mol. The Hall–Kier alpha value is -1.13. The summed E-state index contributed by atoms with van der Waals surface area (Å²) >= 11 is 0. The number of rotatable bonds is 8. The van der Waals surface area contributed by atoms with Crippen LogP contribution in [0.4, 0.5) is 10.1 Å². The number of anilines is 1. The fourth-order valence-electron chi connectivity index (χ4n) is 2.18. The molecule has 0 aliphatic rings. The zero-order chi connectivity index (χ0) is 14.3. The third kappa shape index (κ3) is 4.48. The van der Waals surface area contributed by atoms with E-state index in [-0.39, 0.29) is 18.5 Å². The number of benzene rings is 1. The third-order valence-electron chi connectivity index (χ3n) is 3.29. The molecule has 0 fully saturated rings. The van der Waals surface area contributed by atoms with E-state index in [4.69, 9.17) is 5.11 Å². The van der Waals surface area contributed by atoms with Crippen molar-refractivity contribution in [3.8, 4) is 0 Å². The number of aliphatic hydroxyl groups is 1. The first-order chi connectivity index (χ1) is 9.13. The predicted molar refractivity (Wildman–Crippen MR) is 78.1 cm³/mol. The fourth-order valence-corrected chi connectivity index (χ4v) is 2.18. The summed E-state index contributed by atoms with van der Waals surface area (Å²) in [6, 6.07) is 5.55. The second-order valence-electron chi connectivity index (χ2n) is 4.65. The lowest BCUT2D eigenvalue weighted by atomic mass is 10.1. The average molecular weight is 268 g/mol. The van der Waals surface area contributed by atoms with Gasteiger partial charge in [-0.25, -0.2) is 4.39 Å². The lowest BCUT2D eigenvalue weighted by molar-refractivity contribution is 0.289. The van der Waals surface area contributed by atoms with Crippen molar-refractivity contribution in [1.29, 1.82) is 0 Å². The van der Waals surface area contributed by atoms with Gasteiger partial charge < -0.3 is 15.3 Å². The molecule has 0 heterocycles. The summed E-state index contributed by atoms with van der Waals surface area (Å²) in [7, 11) is 0. The van der Waals surface area contributed by atoms with Crippen LogP contribution in [0.25, 0.3) is 0 Å². The Kier molecular flexibility index (Phi) is 6.81. The summed E-state index contributed by atoms with van der Waals surface area (Å²) in [5.74, 6) is -0.193. The fraction of sp³-hybridized carbons (Fsp3) is 0.600. The molecule has 1 rings (SSSR count). The van der Waals surface area contributed by atoms with Crippen LogP contribution in [0.5, 0.6) is 0 Å². The van der Waals surface area contributed by atoms with Crippen LogP contribution in [0.3, 0.4) is 0 Å². The maximum absolute atomic E-state index is 14.2. The molecule has 0 aromatic heterocycles. The minimum atomic E-state index is -0.193. The predicted octanol–water partition coefficient (Wildman–Crippen LogP) is 2.70. The molecule has 19 heavy (non-hydrogen) atoms. The standard InChI is InChI=1S/C15H25FN2O/c1-4-17-12(3)13-7-8-15(14(16)11-13)18(5-2)9-6-10-19/h7-8,11-12,17,19H,4-6,9-10H2,1-3H3. The minimum absolute atomic E-state index is 0.133. The van der Waals surface area contributed by atoms with E-state index in [2.05, 4.69) is 5.32 Å². The molecular weight excluding hydrogens is 243 g/mol. The van der Waals surface area contributed by atoms with Crippen LogP contribution in [0, 0.1) is 5.82 Å². The van der Waals surface area contributed by atoms with E-state index >= 15 is 0 Å². The molecule has 0 amide bonds. The van der Waals surface area contributed by atoms with Crippen LogP contribution < -0.4 is 10.2 Å². The number of aliphatic hydroxyl groups excluding tert-OH is 1. The van der Waals surface area contributed by atoms with E-state index < -0.39 is 0 Å². The second kappa shape index (κ2) is 8.12. The molecule has 108 valence electrons. The highest BCUT2D eigenvalue weighted by molar-refractivity contribution is 5.49. The SMILES string of the molecule is CCNC(C)c1ccc(N(CC)CCCO)c(F)c1. The maximum atomic E-state index is 14.2. The van der Waals surface area contributed by atoms with E-state index in [0.717, 1.165) is 18.7 Å². The van der Waals surface area contributed by atoms with Crippen molar-refractivity contribution in [3.05, 3.63) is 29.6 Å². The molecule has 0 radical (unpaired) electrons. The minimum Gasteiger partial charge on any atom is -0.396 e. The van der Waals surface area contributed by atoms with E-state index in [1.54, 1.807) is 6.07 Å². The van der Waals surface area contributed by atoms with Gasteiger partial charge in [0.2, 0.25) is 0 Å². The summed E-state index contributed by atoms with van der Waals surface area (Å²) in [5, 5.41) is 12.1. The number of nitrogens with one attached hydrogen (secondary N) is 1. The maximum Gasteiger partial charge on any atom is 0.146 e. The first-order valence-electron chi connectivity index (χ1n) is 7.02. The van der Waals surface area contributed by atoms with Gasteiger partial charge in [-0.1, -0.05) is 13.0 Å². The molecule has 1 unspecified atom stereocenters. The molecule has 2 N–H and O–H groups in total. The molecule has 0 saturated carbocycles. The molecule has 0 spiro atoms. The second-order valence-corrected chi connectivity index (χ2v) is 4.65. The molecule has 0 aliphatic heterocycles. The van der Waals surface area contributed by atoms with Gasteiger partial charge in [0.1, 0.15) is 5.82 Å². The van der Waals surface area contributed by atoms with Crippen molar-refractivity contribution < 1.29 is 9.50 Å².